The smallest absolute Gasteiger partial charge is 0.324 e. The number of fused-ring (bicyclic) bond motifs is 1. The van der Waals surface area contributed by atoms with Gasteiger partial charge in [0.05, 0.1) is 21.5 Å². The molecule has 6 nitrogen and oxygen atoms in total. The molecule has 0 atom stereocenters. The highest BCUT2D eigenvalue weighted by molar-refractivity contribution is 8.00. The second kappa shape index (κ2) is 10.7. The van der Waals surface area contributed by atoms with Crippen LogP contribution in [0.1, 0.15) is 31.5 Å². The maximum absolute atomic E-state index is 12.7. The van der Waals surface area contributed by atoms with Crippen LogP contribution in [0.4, 0.5) is 5.69 Å². The molecular formula is C21H26Cl2N4O2S. The molecule has 0 bridgehead atoms. The van der Waals surface area contributed by atoms with Crippen molar-refractivity contribution in [2.75, 3.05) is 30.7 Å². The minimum absolute atomic E-state index is 0.144. The Morgan fingerprint density at radius 1 is 1.27 bits per heavy atom. The third-order valence-corrected chi connectivity index (χ3v) is 7.14. The van der Waals surface area contributed by atoms with E-state index in [-0.39, 0.29) is 17.3 Å². The first-order valence-electron chi connectivity index (χ1n) is 10.2. The van der Waals surface area contributed by atoms with Gasteiger partial charge in [0.2, 0.25) is 5.91 Å². The minimum Gasteiger partial charge on any atom is -0.324 e. The number of thioether (sulfide) groups is 1. The normalized spacial score (nSPS) is 13.0. The van der Waals surface area contributed by atoms with Crippen molar-refractivity contribution in [3.05, 3.63) is 50.0 Å². The summed E-state index contributed by atoms with van der Waals surface area (Å²) in [5, 5.41) is 4.13. The van der Waals surface area contributed by atoms with E-state index < -0.39 is 0 Å². The van der Waals surface area contributed by atoms with Crippen molar-refractivity contribution >= 4 is 46.6 Å². The summed E-state index contributed by atoms with van der Waals surface area (Å²) in [6, 6.07) is 5.09. The highest BCUT2D eigenvalue weighted by atomic mass is 35.5. The quantitative estimate of drug-likeness (QED) is 0.442. The van der Waals surface area contributed by atoms with Gasteiger partial charge in [-0.2, -0.15) is 4.98 Å². The Balaban J connectivity index is 1.70. The summed E-state index contributed by atoms with van der Waals surface area (Å²) in [5.74, 6) is -0.0750. The van der Waals surface area contributed by atoms with E-state index in [0.29, 0.717) is 27.3 Å². The van der Waals surface area contributed by atoms with E-state index in [2.05, 4.69) is 29.0 Å². The van der Waals surface area contributed by atoms with Gasteiger partial charge < -0.3 is 10.2 Å². The summed E-state index contributed by atoms with van der Waals surface area (Å²) in [5.41, 5.74) is 2.42. The van der Waals surface area contributed by atoms with Crippen molar-refractivity contribution in [3.63, 3.8) is 0 Å². The lowest BCUT2D eigenvalue weighted by atomic mass is 10.2. The Hall–Kier alpha value is -1.54. The van der Waals surface area contributed by atoms with Gasteiger partial charge in [-0.15, -0.1) is 0 Å². The Morgan fingerprint density at radius 2 is 2.03 bits per heavy atom. The average molecular weight is 469 g/mol. The van der Waals surface area contributed by atoms with Gasteiger partial charge in [-0.05, 0) is 44.5 Å². The predicted octanol–water partition coefficient (Wildman–Crippen LogP) is 4.11. The molecule has 0 saturated carbocycles. The van der Waals surface area contributed by atoms with Gasteiger partial charge >= 0.3 is 5.69 Å². The molecule has 0 radical (unpaired) electrons. The Morgan fingerprint density at radius 3 is 2.77 bits per heavy atom. The molecule has 30 heavy (non-hydrogen) atoms. The molecule has 1 aliphatic rings. The molecule has 3 rings (SSSR count). The van der Waals surface area contributed by atoms with Crippen molar-refractivity contribution in [1.29, 1.82) is 0 Å². The molecule has 1 aromatic carbocycles. The second-order valence-corrected chi connectivity index (χ2v) is 8.84. The number of rotatable bonds is 9. The molecule has 0 spiro atoms. The van der Waals surface area contributed by atoms with Crippen LogP contribution >= 0.6 is 35.0 Å². The first-order chi connectivity index (χ1) is 14.4. The van der Waals surface area contributed by atoms with Gasteiger partial charge in [-0.25, -0.2) is 4.79 Å². The monoisotopic (exact) mass is 468 g/mol. The summed E-state index contributed by atoms with van der Waals surface area (Å²) >= 11 is 13.4. The van der Waals surface area contributed by atoms with Crippen molar-refractivity contribution in [1.82, 2.24) is 14.5 Å². The van der Waals surface area contributed by atoms with Gasteiger partial charge in [0.1, 0.15) is 5.03 Å². The standard InChI is InChI=1S/C21H26Cl2N4O2S/c1-3-26(4-2)11-12-27-17-10-5-7-14(17)20(25-21(27)29)30-13-18(28)24-16-9-6-8-15(22)19(16)23/h6,8-9H,3-5,7,10-13H2,1-2H3,(H,24,28). The van der Waals surface area contributed by atoms with E-state index in [1.54, 1.807) is 18.2 Å². The fourth-order valence-electron chi connectivity index (χ4n) is 3.64. The topological polar surface area (TPSA) is 67.2 Å². The van der Waals surface area contributed by atoms with Crippen LogP contribution in [0.3, 0.4) is 0 Å². The number of hydrogen-bond acceptors (Lipinski definition) is 5. The van der Waals surface area contributed by atoms with E-state index in [1.165, 1.54) is 11.8 Å². The number of halogens is 2. The second-order valence-electron chi connectivity index (χ2n) is 7.10. The third-order valence-electron chi connectivity index (χ3n) is 5.30. The largest absolute Gasteiger partial charge is 0.348 e. The summed E-state index contributed by atoms with van der Waals surface area (Å²) in [7, 11) is 0. The summed E-state index contributed by atoms with van der Waals surface area (Å²) in [4.78, 5) is 31.7. The molecule has 1 N–H and O–H groups in total. The first-order valence-corrected chi connectivity index (χ1v) is 11.9. The number of likely N-dealkylation sites (N-methyl/N-ethyl adjacent to an activating group) is 1. The number of carbonyl (C=O) groups is 1. The molecule has 0 saturated heterocycles. The number of hydrogen-bond donors (Lipinski definition) is 1. The molecule has 1 aromatic heterocycles. The molecule has 0 unspecified atom stereocenters. The van der Waals surface area contributed by atoms with E-state index in [4.69, 9.17) is 23.2 Å². The lowest BCUT2D eigenvalue weighted by Gasteiger charge is -2.20. The number of benzene rings is 1. The van der Waals surface area contributed by atoms with Crippen LogP contribution in [0.2, 0.25) is 10.0 Å². The van der Waals surface area contributed by atoms with Crippen LogP contribution in [0.15, 0.2) is 28.0 Å². The Kier molecular flexibility index (Phi) is 8.22. The average Bonchev–Trinajstić information content (AvgIpc) is 3.22. The SMILES string of the molecule is CCN(CC)CCn1c2c(c(SCC(=O)Nc3cccc(Cl)c3Cl)nc1=O)CCC2. The molecule has 0 aliphatic heterocycles. The molecule has 9 heteroatoms. The van der Waals surface area contributed by atoms with Crippen molar-refractivity contribution in [3.8, 4) is 0 Å². The summed E-state index contributed by atoms with van der Waals surface area (Å²) < 4.78 is 1.82. The van der Waals surface area contributed by atoms with Crippen LogP contribution in [-0.4, -0.2) is 45.7 Å². The first kappa shape index (κ1) is 23.1. The molecule has 2 aromatic rings. The number of nitrogens with zero attached hydrogens (tertiary/aromatic N) is 3. The number of amides is 1. The highest BCUT2D eigenvalue weighted by Gasteiger charge is 2.22. The van der Waals surface area contributed by atoms with E-state index in [0.717, 1.165) is 50.2 Å². The zero-order valence-corrected chi connectivity index (χ0v) is 19.5. The number of carbonyl (C=O) groups excluding carboxylic acids is 1. The number of aromatic nitrogens is 2. The maximum atomic E-state index is 12.7. The predicted molar refractivity (Wildman–Crippen MR) is 124 cm³/mol. The van der Waals surface area contributed by atoms with Gasteiger partial charge in [0.15, 0.2) is 0 Å². The van der Waals surface area contributed by atoms with Crippen LogP contribution in [-0.2, 0) is 24.2 Å². The summed E-state index contributed by atoms with van der Waals surface area (Å²) in [6.07, 6.45) is 2.77. The van der Waals surface area contributed by atoms with Gasteiger partial charge in [0.25, 0.3) is 0 Å². The van der Waals surface area contributed by atoms with Gasteiger partial charge in [0, 0.05) is 24.3 Å². The zero-order valence-electron chi connectivity index (χ0n) is 17.2. The minimum atomic E-state index is -0.233. The molecular weight excluding hydrogens is 443 g/mol. The van der Waals surface area contributed by atoms with E-state index in [9.17, 15) is 9.59 Å². The number of anilines is 1. The van der Waals surface area contributed by atoms with E-state index in [1.807, 2.05) is 4.57 Å². The summed E-state index contributed by atoms with van der Waals surface area (Å²) in [6.45, 7) is 7.64. The number of nitrogens with one attached hydrogen (secondary N) is 1. The maximum Gasteiger partial charge on any atom is 0.348 e. The Bertz CT molecular complexity index is 976. The molecule has 1 heterocycles. The van der Waals surface area contributed by atoms with Crippen molar-refractivity contribution in [2.45, 2.75) is 44.7 Å². The van der Waals surface area contributed by atoms with Crippen molar-refractivity contribution < 1.29 is 4.79 Å². The highest BCUT2D eigenvalue weighted by Crippen LogP contribution is 2.31. The van der Waals surface area contributed by atoms with Gasteiger partial charge in [-0.3, -0.25) is 9.36 Å². The van der Waals surface area contributed by atoms with Gasteiger partial charge in [-0.1, -0.05) is 54.9 Å². The molecule has 1 aliphatic carbocycles. The van der Waals surface area contributed by atoms with E-state index >= 15 is 0 Å². The van der Waals surface area contributed by atoms with Crippen LogP contribution < -0.4 is 11.0 Å². The molecule has 1 amide bonds. The molecule has 0 fully saturated rings. The fraction of sp³-hybridized carbons (Fsp3) is 0.476. The zero-order chi connectivity index (χ0) is 21.7. The lowest BCUT2D eigenvalue weighted by molar-refractivity contribution is -0.113. The lowest BCUT2D eigenvalue weighted by Crippen LogP contribution is -2.34. The fourth-order valence-corrected chi connectivity index (χ4v) is 4.86. The van der Waals surface area contributed by atoms with Crippen LogP contribution in [0.5, 0.6) is 0 Å². The third kappa shape index (κ3) is 5.38. The van der Waals surface area contributed by atoms with Crippen LogP contribution in [0.25, 0.3) is 0 Å². The molecule has 162 valence electrons. The van der Waals surface area contributed by atoms with Crippen molar-refractivity contribution in [2.24, 2.45) is 0 Å². The Labute approximate surface area is 191 Å². The van der Waals surface area contributed by atoms with Crippen LogP contribution in [0, 0.1) is 0 Å².